The minimum Gasteiger partial charge on any atom is -0.384 e. The van der Waals surface area contributed by atoms with E-state index in [1.165, 1.54) is 0 Å². The summed E-state index contributed by atoms with van der Waals surface area (Å²) in [6.07, 6.45) is 0. The number of rotatable bonds is 9. The second kappa shape index (κ2) is 9.94. The Bertz CT molecular complexity index is 991. The average Bonchev–Trinajstić information content (AvgIpc) is 2.69. The lowest BCUT2D eigenvalue weighted by Crippen LogP contribution is -2.31. The Morgan fingerprint density at radius 3 is 2.68 bits per heavy atom. The zero-order valence-electron chi connectivity index (χ0n) is 15.6. The first-order valence-corrected chi connectivity index (χ1v) is 9.82. The summed E-state index contributed by atoms with van der Waals surface area (Å²) in [7, 11) is 1.68. The van der Waals surface area contributed by atoms with Gasteiger partial charge in [0.25, 0.3) is 0 Å². The van der Waals surface area contributed by atoms with Crippen LogP contribution in [0.5, 0.6) is 0 Å². The third-order valence-electron chi connectivity index (χ3n) is 4.47. The number of anilines is 1. The molecular formula is C21H23Cl2N3O2. The fourth-order valence-corrected chi connectivity index (χ4v) is 3.36. The normalized spacial score (nSPS) is 12.2. The van der Waals surface area contributed by atoms with Gasteiger partial charge in [-0.3, -0.25) is 4.79 Å². The Hall–Kier alpha value is -2.05. The summed E-state index contributed by atoms with van der Waals surface area (Å²) in [5, 5.41) is 8.52. The number of halogens is 2. The molecule has 0 radical (unpaired) electrons. The van der Waals surface area contributed by atoms with E-state index >= 15 is 0 Å². The van der Waals surface area contributed by atoms with Crippen LogP contribution in [0.25, 0.3) is 10.9 Å². The number of aromatic nitrogens is 1. The number of hydrogen-bond acceptors (Lipinski definition) is 4. The number of aromatic amines is 1. The van der Waals surface area contributed by atoms with E-state index in [2.05, 4.69) is 15.6 Å². The SMILES string of the molecule is COCC(CNCc1ccc(Cl)c(Cl)c1)CNc1cc(=O)c2ccccc2[nH]1. The molecular weight excluding hydrogens is 397 g/mol. The molecule has 1 heterocycles. The third kappa shape index (κ3) is 5.49. The molecule has 5 nitrogen and oxygen atoms in total. The lowest BCUT2D eigenvalue weighted by molar-refractivity contribution is 0.155. The molecule has 0 bridgehead atoms. The fraction of sp³-hybridized carbons (Fsp3) is 0.286. The van der Waals surface area contributed by atoms with E-state index in [9.17, 15) is 4.79 Å². The Morgan fingerprint density at radius 2 is 1.89 bits per heavy atom. The van der Waals surface area contributed by atoms with Crippen molar-refractivity contribution in [1.29, 1.82) is 0 Å². The summed E-state index contributed by atoms with van der Waals surface area (Å²) >= 11 is 12.0. The summed E-state index contributed by atoms with van der Waals surface area (Å²) in [5.41, 5.74) is 1.88. The van der Waals surface area contributed by atoms with Crippen molar-refractivity contribution in [2.24, 2.45) is 5.92 Å². The van der Waals surface area contributed by atoms with Crippen molar-refractivity contribution < 1.29 is 4.74 Å². The number of pyridine rings is 1. The number of nitrogens with one attached hydrogen (secondary N) is 3. The van der Waals surface area contributed by atoms with Crippen LogP contribution in [0.3, 0.4) is 0 Å². The third-order valence-corrected chi connectivity index (χ3v) is 5.21. The molecule has 0 amide bonds. The predicted octanol–water partition coefficient (Wildman–Crippen LogP) is 4.30. The van der Waals surface area contributed by atoms with Crippen molar-refractivity contribution in [2.45, 2.75) is 6.54 Å². The summed E-state index contributed by atoms with van der Waals surface area (Å²) in [6.45, 7) is 2.69. The first-order valence-electron chi connectivity index (χ1n) is 9.06. The number of para-hydroxylation sites is 1. The fourth-order valence-electron chi connectivity index (χ4n) is 3.04. The van der Waals surface area contributed by atoms with Crippen LogP contribution >= 0.6 is 23.2 Å². The van der Waals surface area contributed by atoms with Gasteiger partial charge in [-0.05, 0) is 29.8 Å². The molecule has 0 aliphatic rings. The molecule has 0 saturated carbocycles. The summed E-state index contributed by atoms with van der Waals surface area (Å²) in [5.74, 6) is 0.928. The van der Waals surface area contributed by atoms with E-state index in [0.717, 1.165) is 17.6 Å². The Balaban J connectivity index is 1.57. The Labute approximate surface area is 174 Å². The van der Waals surface area contributed by atoms with Crippen LogP contribution in [0.2, 0.25) is 10.0 Å². The van der Waals surface area contributed by atoms with Crippen molar-refractivity contribution in [3.63, 3.8) is 0 Å². The molecule has 3 aromatic rings. The molecule has 0 aliphatic carbocycles. The predicted molar refractivity (Wildman–Crippen MR) is 117 cm³/mol. The molecule has 1 unspecified atom stereocenters. The highest BCUT2D eigenvalue weighted by molar-refractivity contribution is 6.42. The van der Waals surface area contributed by atoms with Gasteiger partial charge in [-0.1, -0.05) is 41.4 Å². The lowest BCUT2D eigenvalue weighted by Gasteiger charge is -2.18. The molecule has 0 fully saturated rings. The van der Waals surface area contributed by atoms with Gasteiger partial charge in [-0.15, -0.1) is 0 Å². The minimum absolute atomic E-state index is 0.00196. The second-order valence-corrected chi connectivity index (χ2v) is 7.49. The number of benzene rings is 2. The monoisotopic (exact) mass is 419 g/mol. The van der Waals surface area contributed by atoms with Crippen LogP contribution in [-0.4, -0.2) is 31.8 Å². The number of methoxy groups -OCH3 is 1. The van der Waals surface area contributed by atoms with E-state index in [1.807, 2.05) is 36.4 Å². The molecule has 7 heteroatoms. The van der Waals surface area contributed by atoms with Crippen LogP contribution in [0.1, 0.15) is 5.56 Å². The van der Waals surface area contributed by atoms with Crippen molar-refractivity contribution in [2.75, 3.05) is 32.1 Å². The average molecular weight is 420 g/mol. The van der Waals surface area contributed by atoms with Gasteiger partial charge in [0.15, 0.2) is 5.43 Å². The summed E-state index contributed by atoms with van der Waals surface area (Å²) < 4.78 is 5.33. The van der Waals surface area contributed by atoms with E-state index in [4.69, 9.17) is 27.9 Å². The number of ether oxygens (including phenoxy) is 1. The second-order valence-electron chi connectivity index (χ2n) is 6.67. The first kappa shape index (κ1) is 20.7. The largest absolute Gasteiger partial charge is 0.384 e. The number of H-pyrrole nitrogens is 1. The van der Waals surface area contributed by atoms with Crippen LogP contribution in [0.4, 0.5) is 5.82 Å². The Morgan fingerprint density at radius 1 is 1.07 bits per heavy atom. The highest BCUT2D eigenvalue weighted by Crippen LogP contribution is 2.22. The molecule has 1 aromatic heterocycles. The molecule has 2 aromatic carbocycles. The van der Waals surface area contributed by atoms with Gasteiger partial charge in [0, 0.05) is 44.1 Å². The van der Waals surface area contributed by atoms with Crippen molar-refractivity contribution in [3.05, 3.63) is 74.4 Å². The summed E-state index contributed by atoms with van der Waals surface area (Å²) in [4.78, 5) is 15.5. The lowest BCUT2D eigenvalue weighted by atomic mass is 10.1. The Kier molecular flexibility index (Phi) is 7.34. The smallest absolute Gasteiger partial charge is 0.191 e. The van der Waals surface area contributed by atoms with Gasteiger partial charge in [0.1, 0.15) is 5.82 Å². The van der Waals surface area contributed by atoms with E-state index in [1.54, 1.807) is 19.2 Å². The minimum atomic E-state index is -0.00196. The van der Waals surface area contributed by atoms with Gasteiger partial charge >= 0.3 is 0 Å². The molecule has 0 aliphatic heterocycles. The van der Waals surface area contributed by atoms with Gasteiger partial charge < -0.3 is 20.4 Å². The van der Waals surface area contributed by atoms with E-state index in [-0.39, 0.29) is 11.3 Å². The molecule has 1 atom stereocenters. The van der Waals surface area contributed by atoms with Gasteiger partial charge in [-0.25, -0.2) is 0 Å². The standard InChI is InChI=1S/C21H23Cl2N3O2/c1-28-13-15(11-24-10-14-6-7-17(22)18(23)8-14)12-25-21-9-20(27)16-4-2-3-5-19(16)26-21/h2-9,15,24H,10-13H2,1H3,(H2,25,26,27). The van der Waals surface area contributed by atoms with E-state index < -0.39 is 0 Å². The van der Waals surface area contributed by atoms with Gasteiger partial charge in [0.2, 0.25) is 0 Å². The van der Waals surface area contributed by atoms with Crippen molar-refractivity contribution in [3.8, 4) is 0 Å². The highest BCUT2D eigenvalue weighted by Gasteiger charge is 2.10. The highest BCUT2D eigenvalue weighted by atomic mass is 35.5. The van der Waals surface area contributed by atoms with Gasteiger partial charge in [-0.2, -0.15) is 0 Å². The number of hydrogen-bond donors (Lipinski definition) is 3. The quantitative estimate of drug-likeness (QED) is 0.483. The van der Waals surface area contributed by atoms with Crippen molar-refractivity contribution >= 4 is 39.9 Å². The molecule has 0 spiro atoms. The molecule has 3 N–H and O–H groups in total. The van der Waals surface area contributed by atoms with Crippen LogP contribution in [-0.2, 0) is 11.3 Å². The molecule has 3 rings (SSSR count). The maximum absolute atomic E-state index is 12.2. The maximum Gasteiger partial charge on any atom is 0.191 e. The topological polar surface area (TPSA) is 66.2 Å². The van der Waals surface area contributed by atoms with Crippen LogP contribution < -0.4 is 16.1 Å². The van der Waals surface area contributed by atoms with E-state index in [0.29, 0.717) is 40.9 Å². The van der Waals surface area contributed by atoms with Crippen molar-refractivity contribution in [1.82, 2.24) is 10.3 Å². The van der Waals surface area contributed by atoms with Crippen LogP contribution in [0, 0.1) is 5.92 Å². The maximum atomic E-state index is 12.2. The van der Waals surface area contributed by atoms with Gasteiger partial charge in [0.05, 0.1) is 22.2 Å². The summed E-state index contributed by atoms with van der Waals surface area (Å²) in [6, 6.07) is 14.7. The number of fused-ring (bicyclic) bond motifs is 1. The molecule has 28 heavy (non-hydrogen) atoms. The van der Waals surface area contributed by atoms with Crippen LogP contribution in [0.15, 0.2) is 53.3 Å². The molecule has 148 valence electrons. The molecule has 0 saturated heterocycles. The first-order chi connectivity index (χ1) is 13.6. The zero-order chi connectivity index (χ0) is 19.9. The zero-order valence-corrected chi connectivity index (χ0v) is 17.1.